The van der Waals surface area contributed by atoms with E-state index < -0.39 is 28.9 Å². The number of likely N-dealkylation sites (N-methyl/N-ethyl adjacent to an activating group) is 2. The van der Waals surface area contributed by atoms with Crippen molar-refractivity contribution >= 4 is 83.9 Å². The van der Waals surface area contributed by atoms with Crippen LogP contribution in [0.2, 0.25) is 5.02 Å². The van der Waals surface area contributed by atoms with Gasteiger partial charge in [-0.3, -0.25) is 5.32 Å². The number of aromatic nitrogens is 3. The molecule has 0 aliphatic carbocycles. The number of ether oxygens (including phenoxy) is 2. The minimum atomic E-state index is -0.827. The van der Waals surface area contributed by atoms with Gasteiger partial charge in [-0.1, -0.05) is 17.7 Å². The first-order chi connectivity index (χ1) is 26.2. The molecule has 0 bridgehead atoms. The largest absolute Gasteiger partial charge is 0.444 e. The van der Waals surface area contributed by atoms with Gasteiger partial charge in [-0.25, -0.2) is 23.4 Å². The second kappa shape index (κ2) is 15.4. The lowest BCUT2D eigenvalue weighted by Gasteiger charge is -2.36. The van der Waals surface area contributed by atoms with Gasteiger partial charge in [-0.05, 0) is 79.4 Å². The van der Waals surface area contributed by atoms with Gasteiger partial charge in [0.25, 0.3) is 0 Å². The highest BCUT2D eigenvalue weighted by Gasteiger charge is 2.30. The minimum absolute atomic E-state index is 0.00529. The zero-order chi connectivity index (χ0) is 40.9. The highest BCUT2D eigenvalue weighted by Crippen LogP contribution is 2.46. The third-order valence-electron chi connectivity index (χ3n) is 8.87. The van der Waals surface area contributed by atoms with Gasteiger partial charge in [0.2, 0.25) is 5.95 Å². The van der Waals surface area contributed by atoms with Crippen LogP contribution < -0.4 is 15.1 Å². The van der Waals surface area contributed by atoms with Gasteiger partial charge in [0.15, 0.2) is 11.5 Å². The van der Waals surface area contributed by atoms with Crippen molar-refractivity contribution in [2.75, 3.05) is 75.5 Å². The molecular formula is C39H44ClF2N9O4S. The van der Waals surface area contributed by atoms with E-state index in [0.29, 0.717) is 55.3 Å². The predicted octanol–water partition coefficient (Wildman–Crippen LogP) is 8.26. The molecule has 2 aromatic carbocycles. The summed E-state index contributed by atoms with van der Waals surface area (Å²) in [6.07, 6.45) is -1.22. The number of carbonyl (C=O) groups excluding carboxylic acids is 2. The molecule has 1 fully saturated rings. The molecule has 1 saturated heterocycles. The quantitative estimate of drug-likeness (QED) is 0.159. The second-order valence-electron chi connectivity index (χ2n) is 15.8. The number of anilines is 3. The summed E-state index contributed by atoms with van der Waals surface area (Å²) in [5, 5.41) is 13.9. The molecule has 0 radical (unpaired) electrons. The summed E-state index contributed by atoms with van der Waals surface area (Å²) in [4.78, 5) is 47.6. The van der Waals surface area contributed by atoms with Crippen LogP contribution in [0.3, 0.4) is 0 Å². The van der Waals surface area contributed by atoms with Crippen molar-refractivity contribution < 1.29 is 27.8 Å². The van der Waals surface area contributed by atoms with Crippen LogP contribution in [0.4, 0.5) is 35.1 Å². The molecule has 0 atom stereocenters. The van der Waals surface area contributed by atoms with E-state index in [1.165, 1.54) is 6.07 Å². The van der Waals surface area contributed by atoms with E-state index in [-0.39, 0.29) is 54.1 Å². The van der Waals surface area contributed by atoms with Crippen molar-refractivity contribution in [2.45, 2.75) is 52.7 Å². The van der Waals surface area contributed by atoms with Gasteiger partial charge in [0, 0.05) is 62.7 Å². The summed E-state index contributed by atoms with van der Waals surface area (Å²) in [7, 11) is 5.80. The van der Waals surface area contributed by atoms with E-state index in [2.05, 4.69) is 5.32 Å². The van der Waals surface area contributed by atoms with Crippen LogP contribution in [0.5, 0.6) is 0 Å². The average molecular weight is 808 g/mol. The average Bonchev–Trinajstić information content (AvgIpc) is 3.47. The van der Waals surface area contributed by atoms with Gasteiger partial charge in [-0.15, -0.1) is 11.3 Å². The molecule has 13 nitrogen and oxygen atoms in total. The monoisotopic (exact) mass is 807 g/mol. The molecule has 0 spiro atoms. The molecule has 6 rings (SSSR count). The minimum Gasteiger partial charge on any atom is -0.444 e. The number of benzene rings is 2. The number of nitrogens with one attached hydrogen (secondary N) is 1. The van der Waals surface area contributed by atoms with Crippen LogP contribution in [-0.4, -0.2) is 109 Å². The Balaban J connectivity index is 1.47. The Hall–Kier alpha value is -5.11. The Morgan fingerprint density at radius 1 is 0.982 bits per heavy atom. The summed E-state index contributed by atoms with van der Waals surface area (Å²) in [6, 6.07) is 7.88. The maximum atomic E-state index is 17.0. The number of carbonyl (C=O) groups is 2. The molecule has 0 saturated carbocycles. The summed E-state index contributed by atoms with van der Waals surface area (Å²) in [6.45, 7) is 13.5. The lowest BCUT2D eigenvalue weighted by atomic mass is 9.97. The van der Waals surface area contributed by atoms with Gasteiger partial charge in [0.05, 0.1) is 20.7 Å². The Labute approximate surface area is 332 Å². The van der Waals surface area contributed by atoms with Crippen LogP contribution in [0.15, 0.2) is 24.3 Å². The highest BCUT2D eigenvalue weighted by molar-refractivity contribution is 7.23. The fraction of sp³-hybridized carbons (Fsp3) is 0.436. The smallest absolute Gasteiger partial charge is 0.412 e. The van der Waals surface area contributed by atoms with Crippen molar-refractivity contribution in [1.29, 1.82) is 5.26 Å². The number of rotatable bonds is 7. The van der Waals surface area contributed by atoms with Crippen molar-refractivity contribution in [1.82, 2.24) is 24.8 Å². The maximum Gasteiger partial charge on any atom is 0.412 e. The Bertz CT molecular complexity index is 2400. The Morgan fingerprint density at radius 3 is 2.29 bits per heavy atom. The van der Waals surface area contributed by atoms with E-state index in [0.717, 1.165) is 23.9 Å². The zero-order valence-corrected chi connectivity index (χ0v) is 34.4. The maximum absolute atomic E-state index is 17.0. The van der Waals surface area contributed by atoms with E-state index >= 15 is 8.78 Å². The van der Waals surface area contributed by atoms with Gasteiger partial charge < -0.3 is 29.1 Å². The van der Waals surface area contributed by atoms with E-state index in [9.17, 15) is 14.9 Å². The molecule has 3 aromatic heterocycles. The molecule has 1 aliphatic heterocycles. The number of hydrogen-bond acceptors (Lipinski definition) is 12. The van der Waals surface area contributed by atoms with Crippen LogP contribution in [0, 0.1) is 23.0 Å². The first kappa shape index (κ1) is 40.6. The zero-order valence-electron chi connectivity index (χ0n) is 32.8. The molecule has 17 heteroatoms. The number of hydrogen-bond donors (Lipinski definition) is 1. The third kappa shape index (κ3) is 8.49. The number of nitrogens with zero attached hydrogens (tertiary/aromatic N) is 8. The fourth-order valence-corrected chi connectivity index (χ4v) is 7.64. The topological polar surface area (TPSA) is 140 Å². The molecule has 1 aliphatic rings. The first-order valence-corrected chi connectivity index (χ1v) is 19.2. The summed E-state index contributed by atoms with van der Waals surface area (Å²) < 4.78 is 43.3. The normalized spacial score (nSPS) is 13.8. The first-order valence-electron chi connectivity index (χ1n) is 18.0. The van der Waals surface area contributed by atoms with Crippen molar-refractivity contribution in [3.63, 3.8) is 0 Å². The van der Waals surface area contributed by atoms with Gasteiger partial charge in [0.1, 0.15) is 39.4 Å². The number of thiophene rings is 1. The van der Waals surface area contributed by atoms with Crippen LogP contribution >= 0.6 is 22.9 Å². The molecule has 56 heavy (non-hydrogen) atoms. The summed E-state index contributed by atoms with van der Waals surface area (Å²) >= 11 is 7.70. The SMILES string of the molecule is CN(C)CCN(C)c1nc(N2CCN(C(=O)OC(C)(C)C)CC2)c2cc3cc(Cl)c(-c4ccc(F)c5sc(NC(=O)OC(C)(C)C)c(C#N)c45)c(F)c3nc2n1. The predicted molar refractivity (Wildman–Crippen MR) is 217 cm³/mol. The number of amides is 2. The van der Waals surface area contributed by atoms with E-state index in [1.54, 1.807) is 37.8 Å². The summed E-state index contributed by atoms with van der Waals surface area (Å²) in [5.41, 5.74) is -1.28. The molecule has 5 aromatic rings. The molecule has 296 valence electrons. The van der Waals surface area contributed by atoms with Crippen molar-refractivity contribution in [3.8, 4) is 17.2 Å². The number of halogens is 3. The van der Waals surface area contributed by atoms with Crippen LogP contribution in [0.25, 0.3) is 43.1 Å². The number of nitriles is 1. The Morgan fingerprint density at radius 2 is 1.66 bits per heavy atom. The van der Waals surface area contributed by atoms with Crippen molar-refractivity contribution in [2.24, 2.45) is 0 Å². The molecular weight excluding hydrogens is 764 g/mol. The molecule has 0 unspecified atom stereocenters. The van der Waals surface area contributed by atoms with Gasteiger partial charge in [-0.2, -0.15) is 15.2 Å². The molecule has 2 amide bonds. The van der Waals surface area contributed by atoms with Crippen molar-refractivity contribution in [3.05, 3.63) is 46.5 Å². The van der Waals surface area contributed by atoms with Gasteiger partial charge >= 0.3 is 12.2 Å². The third-order valence-corrected chi connectivity index (χ3v) is 10.3. The highest BCUT2D eigenvalue weighted by atomic mass is 35.5. The summed E-state index contributed by atoms with van der Waals surface area (Å²) in [5.74, 6) is -0.506. The molecule has 1 N–H and O–H groups in total. The van der Waals surface area contributed by atoms with E-state index in [1.807, 2.05) is 62.7 Å². The fourth-order valence-electron chi connectivity index (χ4n) is 6.27. The molecule has 4 heterocycles. The number of piperazine rings is 1. The standard InChI is InChI=1S/C39H44ClF2N9O4S/c1-38(2,3)54-36(52)47-34-24(20-43)27-22(10-11-26(41)31(27)56-34)28-25(40)19-21-18-23-32(44-30(21)29(28)42)45-35(49(9)13-12-48(7)8)46-33(23)50-14-16-51(17-15-50)37(53)55-39(4,5)6/h10-11,18-19H,12-17H2,1-9H3,(H,47,52). The Kier molecular flexibility index (Phi) is 11.2. The number of fused-ring (bicyclic) bond motifs is 3. The second-order valence-corrected chi connectivity index (χ2v) is 17.3. The van der Waals surface area contributed by atoms with E-state index in [4.69, 9.17) is 36.0 Å². The van der Waals surface area contributed by atoms with Crippen LogP contribution in [0.1, 0.15) is 47.1 Å². The lowest BCUT2D eigenvalue weighted by Crippen LogP contribution is -2.50. The number of pyridine rings is 1. The van der Waals surface area contributed by atoms with Crippen LogP contribution in [-0.2, 0) is 9.47 Å². The lowest BCUT2D eigenvalue weighted by molar-refractivity contribution is 0.0240.